The highest BCUT2D eigenvalue weighted by atomic mass is 35.5. The van der Waals surface area contributed by atoms with E-state index in [0.717, 1.165) is 19.4 Å². The Morgan fingerprint density at radius 2 is 2.22 bits per heavy atom. The highest BCUT2D eigenvalue weighted by Crippen LogP contribution is 1.99. The molecule has 0 aliphatic rings. The number of rotatable bonds is 4. The molecule has 0 saturated heterocycles. The monoisotopic (exact) mass is 147 g/mol. The molecule has 0 amide bonds. The first-order valence-corrected chi connectivity index (χ1v) is 3.87. The van der Waals surface area contributed by atoms with Crippen molar-refractivity contribution in [3.63, 3.8) is 0 Å². The maximum absolute atomic E-state index is 5.79. The lowest BCUT2D eigenvalue weighted by atomic mass is 10.3. The third kappa shape index (κ3) is 5.84. The largest absolute Gasteiger partial charge is 0.296 e. The van der Waals surface area contributed by atoms with E-state index in [-0.39, 0.29) is 5.38 Å². The highest BCUT2D eigenvalue weighted by molar-refractivity contribution is 6.20. The maximum Gasteiger partial charge on any atom is 0.0549 e. The minimum absolute atomic E-state index is 0.229. The number of nitrogens with zero attached hydrogens (tertiary/aromatic N) is 1. The molecule has 9 heavy (non-hydrogen) atoms. The molecule has 0 aromatic carbocycles. The van der Waals surface area contributed by atoms with Crippen molar-refractivity contribution in [1.82, 2.24) is 0 Å². The third-order valence-electron chi connectivity index (χ3n) is 1.06. The molecule has 0 aliphatic heterocycles. The molecule has 0 saturated carbocycles. The van der Waals surface area contributed by atoms with Crippen molar-refractivity contribution in [2.75, 3.05) is 6.54 Å². The van der Waals surface area contributed by atoms with E-state index in [2.05, 4.69) is 18.8 Å². The topological polar surface area (TPSA) is 12.4 Å². The summed E-state index contributed by atoms with van der Waals surface area (Å²) in [5.41, 5.74) is 0. The van der Waals surface area contributed by atoms with Crippen LogP contribution in [0.5, 0.6) is 0 Å². The Labute approximate surface area is 62.1 Å². The minimum atomic E-state index is 0.229. The van der Waals surface area contributed by atoms with Crippen LogP contribution in [0.1, 0.15) is 26.7 Å². The van der Waals surface area contributed by atoms with Crippen LogP contribution in [-0.2, 0) is 0 Å². The zero-order chi connectivity index (χ0) is 7.11. The molecule has 0 aromatic rings. The predicted molar refractivity (Wildman–Crippen MR) is 43.6 cm³/mol. The van der Waals surface area contributed by atoms with Crippen LogP contribution in [-0.4, -0.2) is 18.1 Å². The van der Waals surface area contributed by atoms with E-state index >= 15 is 0 Å². The molecule has 0 N–H and O–H groups in total. The first-order valence-electron chi connectivity index (χ1n) is 3.43. The molecule has 0 bridgehead atoms. The van der Waals surface area contributed by atoms with Gasteiger partial charge in [0.1, 0.15) is 0 Å². The van der Waals surface area contributed by atoms with Crippen molar-refractivity contribution in [3.8, 4) is 0 Å². The van der Waals surface area contributed by atoms with E-state index in [1.54, 1.807) is 0 Å². The van der Waals surface area contributed by atoms with Crippen LogP contribution in [0.3, 0.4) is 0 Å². The van der Waals surface area contributed by atoms with E-state index in [0.29, 0.717) is 0 Å². The summed E-state index contributed by atoms with van der Waals surface area (Å²) in [4.78, 5) is 4.10. The van der Waals surface area contributed by atoms with Crippen LogP contribution in [0.2, 0.25) is 0 Å². The average molecular weight is 148 g/mol. The standard InChI is InChI=1S/C7H14ClN/c1-3-5-9-6-7(8)4-2/h5,7H,3-4,6H2,1-2H3/b9-5-. The summed E-state index contributed by atoms with van der Waals surface area (Å²) in [6, 6.07) is 0. The molecule has 2 heteroatoms. The van der Waals surface area contributed by atoms with E-state index < -0.39 is 0 Å². The number of halogens is 1. The Balaban J connectivity index is 3.15. The molecule has 1 unspecified atom stereocenters. The normalized spacial score (nSPS) is 14.6. The Bertz CT molecular complexity index is 81.0. The quantitative estimate of drug-likeness (QED) is 0.428. The second-order valence-electron chi connectivity index (χ2n) is 1.96. The second kappa shape index (κ2) is 6.09. The van der Waals surface area contributed by atoms with E-state index in [1.165, 1.54) is 0 Å². The summed E-state index contributed by atoms with van der Waals surface area (Å²) in [6.45, 7) is 4.91. The summed E-state index contributed by atoms with van der Waals surface area (Å²) >= 11 is 5.79. The fourth-order valence-corrected chi connectivity index (χ4v) is 0.527. The van der Waals surface area contributed by atoms with Gasteiger partial charge in [-0.2, -0.15) is 0 Å². The second-order valence-corrected chi connectivity index (χ2v) is 2.58. The van der Waals surface area contributed by atoms with Crippen LogP contribution in [0.4, 0.5) is 0 Å². The van der Waals surface area contributed by atoms with E-state index in [9.17, 15) is 0 Å². The van der Waals surface area contributed by atoms with Crippen molar-refractivity contribution in [3.05, 3.63) is 0 Å². The first-order chi connectivity index (χ1) is 4.31. The van der Waals surface area contributed by atoms with E-state index in [4.69, 9.17) is 11.6 Å². The van der Waals surface area contributed by atoms with Gasteiger partial charge >= 0.3 is 0 Å². The fraction of sp³-hybridized carbons (Fsp3) is 0.857. The molecule has 54 valence electrons. The predicted octanol–water partition coefficient (Wildman–Crippen LogP) is 2.48. The summed E-state index contributed by atoms with van der Waals surface area (Å²) in [5, 5.41) is 0.229. The van der Waals surface area contributed by atoms with Crippen molar-refractivity contribution in [1.29, 1.82) is 0 Å². The van der Waals surface area contributed by atoms with Gasteiger partial charge in [0.05, 0.1) is 11.9 Å². The zero-order valence-electron chi connectivity index (χ0n) is 6.10. The fourth-order valence-electron chi connectivity index (χ4n) is 0.447. The smallest absolute Gasteiger partial charge is 0.0549 e. The van der Waals surface area contributed by atoms with Gasteiger partial charge in [0, 0.05) is 0 Å². The van der Waals surface area contributed by atoms with Crippen LogP contribution in [0, 0.1) is 0 Å². The molecule has 0 heterocycles. The number of alkyl halides is 1. The van der Waals surface area contributed by atoms with Gasteiger partial charge in [-0.25, -0.2) is 0 Å². The molecule has 0 aromatic heterocycles. The molecular formula is C7H14ClN. The Morgan fingerprint density at radius 3 is 2.67 bits per heavy atom. The maximum atomic E-state index is 5.79. The van der Waals surface area contributed by atoms with Gasteiger partial charge in [0.25, 0.3) is 0 Å². The summed E-state index contributed by atoms with van der Waals surface area (Å²) in [5.74, 6) is 0. The summed E-state index contributed by atoms with van der Waals surface area (Å²) in [6.07, 6.45) is 3.92. The molecular weight excluding hydrogens is 134 g/mol. The van der Waals surface area contributed by atoms with E-state index in [1.807, 2.05) is 6.21 Å². The molecule has 0 radical (unpaired) electrons. The summed E-state index contributed by atoms with van der Waals surface area (Å²) < 4.78 is 0. The lowest BCUT2D eigenvalue weighted by molar-refractivity contribution is 0.818. The van der Waals surface area contributed by atoms with Crippen molar-refractivity contribution >= 4 is 17.8 Å². The number of aliphatic imine (C=N–C) groups is 1. The number of hydrogen-bond donors (Lipinski definition) is 0. The van der Waals surface area contributed by atoms with Gasteiger partial charge < -0.3 is 0 Å². The summed E-state index contributed by atoms with van der Waals surface area (Å²) in [7, 11) is 0. The van der Waals surface area contributed by atoms with Crippen molar-refractivity contribution in [2.24, 2.45) is 4.99 Å². The van der Waals surface area contributed by atoms with Crippen LogP contribution >= 0.6 is 11.6 Å². The minimum Gasteiger partial charge on any atom is -0.296 e. The van der Waals surface area contributed by atoms with Gasteiger partial charge in [0.15, 0.2) is 0 Å². The van der Waals surface area contributed by atoms with Gasteiger partial charge in [-0.05, 0) is 19.1 Å². The molecule has 0 aliphatic carbocycles. The van der Waals surface area contributed by atoms with Crippen molar-refractivity contribution < 1.29 is 0 Å². The Kier molecular flexibility index (Phi) is 6.06. The van der Waals surface area contributed by atoms with Gasteiger partial charge in [-0.1, -0.05) is 13.8 Å². The molecule has 1 nitrogen and oxygen atoms in total. The third-order valence-corrected chi connectivity index (χ3v) is 1.50. The molecule has 1 atom stereocenters. The van der Waals surface area contributed by atoms with Crippen LogP contribution in [0.15, 0.2) is 4.99 Å². The van der Waals surface area contributed by atoms with Gasteiger partial charge in [-0.3, -0.25) is 4.99 Å². The SMILES string of the molecule is CC/C=N\CC(Cl)CC. The van der Waals surface area contributed by atoms with Crippen molar-refractivity contribution in [2.45, 2.75) is 32.1 Å². The Morgan fingerprint density at radius 1 is 1.56 bits per heavy atom. The highest BCUT2D eigenvalue weighted by Gasteiger charge is 1.95. The van der Waals surface area contributed by atoms with Gasteiger partial charge in [-0.15, -0.1) is 11.6 Å². The van der Waals surface area contributed by atoms with Gasteiger partial charge in [0.2, 0.25) is 0 Å². The molecule has 0 rings (SSSR count). The van der Waals surface area contributed by atoms with Crippen LogP contribution in [0.25, 0.3) is 0 Å². The molecule has 0 fully saturated rings. The first kappa shape index (κ1) is 8.96. The number of hydrogen-bond acceptors (Lipinski definition) is 1. The Hall–Kier alpha value is -0.0400. The van der Waals surface area contributed by atoms with Crippen LogP contribution < -0.4 is 0 Å². The zero-order valence-corrected chi connectivity index (χ0v) is 6.86. The molecule has 0 spiro atoms. The lowest BCUT2D eigenvalue weighted by Gasteiger charge is -1.98. The average Bonchev–Trinajstić information content (AvgIpc) is 1.89. The lowest BCUT2D eigenvalue weighted by Crippen LogP contribution is -2.00.